The highest BCUT2D eigenvalue weighted by molar-refractivity contribution is 5.84. The molecule has 0 spiro atoms. The minimum absolute atomic E-state index is 0.0140. The van der Waals surface area contributed by atoms with Gasteiger partial charge in [0, 0.05) is 35.7 Å². The summed E-state index contributed by atoms with van der Waals surface area (Å²) in [4.78, 5) is 13.8. The number of para-hydroxylation sites is 1. The molecule has 1 atom stereocenters. The summed E-state index contributed by atoms with van der Waals surface area (Å²) >= 11 is 0. The highest BCUT2D eigenvalue weighted by atomic mass is 16.4. The number of hydrogen-bond acceptors (Lipinski definition) is 3. The zero-order valence-electron chi connectivity index (χ0n) is 10.9. The van der Waals surface area contributed by atoms with E-state index in [4.69, 9.17) is 10.8 Å². The molecule has 0 radical (unpaired) electrons. The van der Waals surface area contributed by atoms with Crippen LogP contribution in [0.2, 0.25) is 0 Å². The van der Waals surface area contributed by atoms with Crippen molar-refractivity contribution in [3.8, 4) is 0 Å². The summed E-state index contributed by atoms with van der Waals surface area (Å²) in [7, 11) is 0. The molecule has 0 aliphatic rings. The Morgan fingerprint density at radius 1 is 1.47 bits per heavy atom. The standard InChI is InChI=1S/C14H19N3O2/c1-9-12(8-16-7-10(15)6-14(18)19)11-4-2-3-5-13(11)17-9/h2-5,10,16-17H,6-8,15H2,1H3,(H,18,19). The lowest BCUT2D eigenvalue weighted by Gasteiger charge is -2.10. The molecular formula is C14H19N3O2. The number of fused-ring (bicyclic) bond motifs is 1. The predicted molar refractivity (Wildman–Crippen MR) is 75.0 cm³/mol. The topological polar surface area (TPSA) is 91.1 Å². The lowest BCUT2D eigenvalue weighted by Crippen LogP contribution is -2.35. The first-order valence-electron chi connectivity index (χ1n) is 6.32. The van der Waals surface area contributed by atoms with Gasteiger partial charge in [-0.15, -0.1) is 0 Å². The number of benzene rings is 1. The Labute approximate surface area is 111 Å². The van der Waals surface area contributed by atoms with Gasteiger partial charge in [-0.25, -0.2) is 0 Å². The van der Waals surface area contributed by atoms with E-state index in [0.717, 1.165) is 11.2 Å². The molecule has 5 heteroatoms. The second-order valence-electron chi connectivity index (χ2n) is 4.76. The number of nitrogens with two attached hydrogens (primary N) is 1. The first-order valence-corrected chi connectivity index (χ1v) is 6.32. The third kappa shape index (κ3) is 3.33. The fourth-order valence-electron chi connectivity index (χ4n) is 2.24. The number of H-pyrrole nitrogens is 1. The number of hydrogen-bond donors (Lipinski definition) is 4. The molecular weight excluding hydrogens is 242 g/mol. The zero-order valence-corrected chi connectivity index (χ0v) is 10.9. The summed E-state index contributed by atoms with van der Waals surface area (Å²) in [6.45, 7) is 3.21. The van der Waals surface area contributed by atoms with Crippen molar-refractivity contribution in [3.05, 3.63) is 35.5 Å². The van der Waals surface area contributed by atoms with Crippen molar-refractivity contribution in [1.29, 1.82) is 0 Å². The quantitative estimate of drug-likeness (QED) is 0.632. The SMILES string of the molecule is Cc1[nH]c2ccccc2c1CNCC(N)CC(=O)O. The molecule has 2 aromatic rings. The van der Waals surface area contributed by atoms with Gasteiger partial charge >= 0.3 is 5.97 Å². The lowest BCUT2D eigenvalue weighted by atomic mass is 10.1. The molecule has 0 saturated carbocycles. The van der Waals surface area contributed by atoms with Gasteiger partial charge in [-0.2, -0.15) is 0 Å². The van der Waals surface area contributed by atoms with Crippen LogP contribution in [0.25, 0.3) is 10.9 Å². The van der Waals surface area contributed by atoms with Crippen LogP contribution in [-0.4, -0.2) is 28.6 Å². The van der Waals surface area contributed by atoms with Gasteiger partial charge in [0.1, 0.15) is 0 Å². The first-order chi connectivity index (χ1) is 9.08. The summed E-state index contributed by atoms with van der Waals surface area (Å²) in [6, 6.07) is 7.77. The van der Waals surface area contributed by atoms with E-state index in [2.05, 4.69) is 16.4 Å². The van der Waals surface area contributed by atoms with Gasteiger partial charge in [0.15, 0.2) is 0 Å². The third-order valence-corrected chi connectivity index (χ3v) is 3.17. The van der Waals surface area contributed by atoms with Crippen LogP contribution in [0.5, 0.6) is 0 Å². The predicted octanol–water partition coefficient (Wildman–Crippen LogP) is 1.37. The van der Waals surface area contributed by atoms with Crippen LogP contribution in [0.15, 0.2) is 24.3 Å². The van der Waals surface area contributed by atoms with Crippen LogP contribution >= 0.6 is 0 Å². The molecule has 0 bridgehead atoms. The van der Waals surface area contributed by atoms with Gasteiger partial charge in [-0.3, -0.25) is 4.79 Å². The normalized spacial score (nSPS) is 12.7. The summed E-state index contributed by atoms with van der Waals surface area (Å²) in [6.07, 6.45) is -0.0140. The smallest absolute Gasteiger partial charge is 0.304 e. The number of aliphatic carboxylic acids is 1. The number of aromatic nitrogens is 1. The van der Waals surface area contributed by atoms with E-state index in [0.29, 0.717) is 13.1 Å². The summed E-state index contributed by atoms with van der Waals surface area (Å²) in [5.41, 5.74) is 9.16. The van der Waals surface area contributed by atoms with Gasteiger partial charge in [0.05, 0.1) is 6.42 Å². The van der Waals surface area contributed by atoms with E-state index in [1.165, 1.54) is 10.9 Å². The van der Waals surface area contributed by atoms with Gasteiger partial charge < -0.3 is 21.1 Å². The van der Waals surface area contributed by atoms with E-state index in [-0.39, 0.29) is 12.5 Å². The van der Waals surface area contributed by atoms with E-state index in [1.807, 2.05) is 25.1 Å². The molecule has 5 nitrogen and oxygen atoms in total. The van der Waals surface area contributed by atoms with Gasteiger partial charge in [-0.1, -0.05) is 18.2 Å². The number of carboxylic acid groups (broad SMARTS) is 1. The van der Waals surface area contributed by atoms with E-state index >= 15 is 0 Å². The molecule has 1 unspecified atom stereocenters. The van der Waals surface area contributed by atoms with Crippen LogP contribution in [-0.2, 0) is 11.3 Å². The maximum absolute atomic E-state index is 10.5. The van der Waals surface area contributed by atoms with Crippen molar-refractivity contribution in [1.82, 2.24) is 10.3 Å². The number of nitrogens with one attached hydrogen (secondary N) is 2. The second-order valence-corrected chi connectivity index (χ2v) is 4.76. The van der Waals surface area contributed by atoms with Crippen LogP contribution in [0.4, 0.5) is 0 Å². The van der Waals surface area contributed by atoms with E-state index in [9.17, 15) is 4.79 Å². The Bertz CT molecular complexity index is 577. The summed E-state index contributed by atoms with van der Waals surface area (Å²) < 4.78 is 0. The van der Waals surface area contributed by atoms with Crippen LogP contribution < -0.4 is 11.1 Å². The number of carboxylic acids is 1. The minimum Gasteiger partial charge on any atom is -0.481 e. The molecule has 0 aliphatic carbocycles. The van der Waals surface area contributed by atoms with Crippen molar-refractivity contribution in [2.24, 2.45) is 5.73 Å². The van der Waals surface area contributed by atoms with Gasteiger partial charge in [0.25, 0.3) is 0 Å². The van der Waals surface area contributed by atoms with Crippen LogP contribution in [0, 0.1) is 6.92 Å². The Balaban J connectivity index is 1.98. The zero-order chi connectivity index (χ0) is 13.8. The fraction of sp³-hybridized carbons (Fsp3) is 0.357. The Kier molecular flexibility index (Phi) is 4.19. The highest BCUT2D eigenvalue weighted by Crippen LogP contribution is 2.21. The lowest BCUT2D eigenvalue weighted by molar-refractivity contribution is -0.137. The molecule has 0 fully saturated rings. The molecule has 102 valence electrons. The molecule has 1 aromatic carbocycles. The second kappa shape index (κ2) is 5.86. The monoisotopic (exact) mass is 261 g/mol. The fourth-order valence-corrected chi connectivity index (χ4v) is 2.24. The third-order valence-electron chi connectivity index (χ3n) is 3.17. The average Bonchev–Trinajstić information content (AvgIpc) is 2.65. The Morgan fingerprint density at radius 2 is 2.21 bits per heavy atom. The molecule has 19 heavy (non-hydrogen) atoms. The first kappa shape index (κ1) is 13.6. The number of carbonyl (C=O) groups is 1. The molecule has 1 aromatic heterocycles. The van der Waals surface area contributed by atoms with E-state index < -0.39 is 5.97 Å². The largest absolute Gasteiger partial charge is 0.481 e. The Morgan fingerprint density at radius 3 is 2.95 bits per heavy atom. The maximum atomic E-state index is 10.5. The van der Waals surface area contributed by atoms with Crippen molar-refractivity contribution in [2.75, 3.05) is 6.54 Å². The van der Waals surface area contributed by atoms with Gasteiger partial charge in [-0.05, 0) is 18.6 Å². The number of aromatic amines is 1. The summed E-state index contributed by atoms with van der Waals surface area (Å²) in [5.74, 6) is -0.863. The molecule has 0 aliphatic heterocycles. The van der Waals surface area contributed by atoms with Gasteiger partial charge in [0.2, 0.25) is 0 Å². The number of rotatable bonds is 6. The minimum atomic E-state index is -0.863. The van der Waals surface area contributed by atoms with Crippen molar-refractivity contribution in [2.45, 2.75) is 25.9 Å². The molecule has 0 amide bonds. The Hall–Kier alpha value is -1.85. The van der Waals surface area contributed by atoms with Crippen LogP contribution in [0.3, 0.4) is 0 Å². The molecule has 5 N–H and O–H groups in total. The van der Waals surface area contributed by atoms with E-state index in [1.54, 1.807) is 0 Å². The number of aryl methyl sites for hydroxylation is 1. The molecule has 0 saturated heterocycles. The molecule has 1 heterocycles. The highest BCUT2D eigenvalue weighted by Gasteiger charge is 2.10. The summed E-state index contributed by atoms with van der Waals surface area (Å²) in [5, 5.41) is 13.1. The van der Waals surface area contributed by atoms with Crippen molar-refractivity contribution >= 4 is 16.9 Å². The maximum Gasteiger partial charge on any atom is 0.304 e. The average molecular weight is 261 g/mol. The van der Waals surface area contributed by atoms with Crippen molar-refractivity contribution in [3.63, 3.8) is 0 Å². The van der Waals surface area contributed by atoms with Crippen molar-refractivity contribution < 1.29 is 9.90 Å². The van der Waals surface area contributed by atoms with Crippen LogP contribution in [0.1, 0.15) is 17.7 Å². The molecule has 2 rings (SSSR count).